The van der Waals surface area contributed by atoms with Crippen molar-refractivity contribution in [2.45, 2.75) is 24.5 Å². The Morgan fingerprint density at radius 2 is 1.72 bits per heavy atom. The van der Waals surface area contributed by atoms with Crippen LogP contribution in [0.5, 0.6) is 0 Å². The van der Waals surface area contributed by atoms with Gasteiger partial charge in [0.1, 0.15) is 0 Å². The first-order valence-electron chi connectivity index (χ1n) is 9.57. The average molecular weight is 469 g/mol. The molecule has 1 heterocycles. The Morgan fingerprint density at radius 1 is 1.03 bits per heavy atom. The molecule has 0 radical (unpaired) electrons. The van der Waals surface area contributed by atoms with Crippen molar-refractivity contribution in [3.8, 4) is 11.4 Å². The van der Waals surface area contributed by atoms with Crippen LogP contribution < -0.4 is 10.6 Å². The molecule has 0 fully saturated rings. The number of hydrogen-bond acceptors (Lipinski definition) is 7. The summed E-state index contributed by atoms with van der Waals surface area (Å²) < 4.78 is 69.3. The largest absolute Gasteiger partial charge is 0.416 e. The van der Waals surface area contributed by atoms with Gasteiger partial charge in [-0.3, -0.25) is 0 Å². The number of rotatable bonds is 8. The van der Waals surface area contributed by atoms with Crippen molar-refractivity contribution in [2.24, 2.45) is 0 Å². The lowest BCUT2D eigenvalue weighted by Crippen LogP contribution is -2.22. The van der Waals surface area contributed by atoms with Gasteiger partial charge in [-0.25, -0.2) is 12.7 Å². The minimum Gasteiger partial charge on any atom is -0.384 e. The molecule has 32 heavy (non-hydrogen) atoms. The summed E-state index contributed by atoms with van der Waals surface area (Å²) in [5.74, 6) is 0.328. The fraction of sp³-hybridized carbons (Fsp3) is 0.300. The summed E-state index contributed by atoms with van der Waals surface area (Å²) >= 11 is 0. The molecule has 0 aliphatic carbocycles. The van der Waals surface area contributed by atoms with E-state index in [1.165, 1.54) is 38.4 Å². The lowest BCUT2D eigenvalue weighted by atomic mass is 10.1. The van der Waals surface area contributed by atoms with Crippen molar-refractivity contribution in [3.05, 3.63) is 53.9 Å². The fourth-order valence-corrected chi connectivity index (χ4v) is 3.74. The summed E-state index contributed by atoms with van der Waals surface area (Å²) in [4.78, 5) is 4.31. The van der Waals surface area contributed by atoms with Gasteiger partial charge >= 0.3 is 6.18 Å². The number of sulfonamides is 1. The standard InChI is InChI=1S/C20H22F3N5O3S/c1-4-24-16-10-9-15(32(29,30)28(2)3)11-17(16)25-12-18-26-19(27-31-18)13-5-7-14(8-6-13)20(21,22)23/h5-11,24-25H,4,12H2,1-3H3. The second-order valence-electron chi connectivity index (χ2n) is 6.97. The molecule has 2 aromatic carbocycles. The Morgan fingerprint density at radius 3 is 2.31 bits per heavy atom. The lowest BCUT2D eigenvalue weighted by molar-refractivity contribution is -0.137. The summed E-state index contributed by atoms with van der Waals surface area (Å²) in [5, 5.41) is 10.0. The molecule has 1 aromatic heterocycles. The SMILES string of the molecule is CCNc1ccc(S(=O)(=O)N(C)C)cc1NCc1nc(-c2ccc(C(F)(F)F)cc2)no1. The summed E-state index contributed by atoms with van der Waals surface area (Å²) in [6.45, 7) is 2.60. The van der Waals surface area contributed by atoms with Gasteiger partial charge in [0, 0.05) is 26.2 Å². The highest BCUT2D eigenvalue weighted by atomic mass is 32.2. The number of nitrogens with one attached hydrogen (secondary N) is 2. The van der Waals surface area contributed by atoms with Crippen molar-refractivity contribution < 1.29 is 26.1 Å². The molecule has 8 nitrogen and oxygen atoms in total. The minimum atomic E-state index is -4.43. The second-order valence-corrected chi connectivity index (χ2v) is 9.12. The van der Waals surface area contributed by atoms with E-state index in [-0.39, 0.29) is 23.2 Å². The minimum absolute atomic E-state index is 0.0808. The van der Waals surface area contributed by atoms with E-state index in [1.807, 2.05) is 6.92 Å². The Hall–Kier alpha value is -3.12. The number of halogens is 3. The van der Waals surface area contributed by atoms with E-state index in [0.717, 1.165) is 16.4 Å². The van der Waals surface area contributed by atoms with Crippen LogP contribution in [0.25, 0.3) is 11.4 Å². The van der Waals surface area contributed by atoms with Crippen molar-refractivity contribution >= 4 is 21.4 Å². The van der Waals surface area contributed by atoms with Gasteiger partial charge in [0.2, 0.25) is 21.7 Å². The molecule has 3 rings (SSSR count). The maximum Gasteiger partial charge on any atom is 0.416 e. The van der Waals surface area contributed by atoms with E-state index in [2.05, 4.69) is 20.8 Å². The van der Waals surface area contributed by atoms with Crippen LogP contribution in [0, 0.1) is 0 Å². The maximum absolute atomic E-state index is 12.7. The predicted molar refractivity (Wildman–Crippen MR) is 114 cm³/mol. The molecule has 0 spiro atoms. The Balaban J connectivity index is 1.79. The third-order valence-corrected chi connectivity index (χ3v) is 6.32. The van der Waals surface area contributed by atoms with Crippen LogP contribution in [0.4, 0.5) is 24.5 Å². The zero-order valence-electron chi connectivity index (χ0n) is 17.6. The van der Waals surface area contributed by atoms with Gasteiger partial charge in [0.05, 0.1) is 28.4 Å². The van der Waals surface area contributed by atoms with Gasteiger partial charge in [-0.15, -0.1) is 0 Å². The van der Waals surface area contributed by atoms with E-state index < -0.39 is 21.8 Å². The smallest absolute Gasteiger partial charge is 0.384 e. The summed E-state index contributed by atoms with van der Waals surface area (Å²) in [6.07, 6.45) is -4.43. The quantitative estimate of drug-likeness (QED) is 0.513. The number of nitrogens with zero attached hydrogens (tertiary/aromatic N) is 3. The highest BCUT2D eigenvalue weighted by Crippen LogP contribution is 2.31. The molecule has 0 atom stereocenters. The Labute approximate surface area is 183 Å². The zero-order chi connectivity index (χ0) is 23.5. The topological polar surface area (TPSA) is 100 Å². The average Bonchev–Trinajstić information content (AvgIpc) is 3.21. The van der Waals surface area contributed by atoms with Crippen LogP contribution in [0.2, 0.25) is 0 Å². The van der Waals surface area contributed by atoms with Crippen LogP contribution in [0.15, 0.2) is 51.9 Å². The molecule has 0 aliphatic rings. The van der Waals surface area contributed by atoms with Gasteiger partial charge in [-0.1, -0.05) is 17.3 Å². The van der Waals surface area contributed by atoms with Gasteiger partial charge in [0.25, 0.3) is 0 Å². The van der Waals surface area contributed by atoms with E-state index in [9.17, 15) is 21.6 Å². The van der Waals surface area contributed by atoms with E-state index in [4.69, 9.17) is 4.52 Å². The maximum atomic E-state index is 12.7. The molecule has 172 valence electrons. The number of hydrogen-bond donors (Lipinski definition) is 2. The van der Waals surface area contributed by atoms with Crippen molar-refractivity contribution in [1.29, 1.82) is 0 Å². The van der Waals surface area contributed by atoms with Gasteiger partial charge in [0.15, 0.2) is 0 Å². The Bertz CT molecular complexity index is 1180. The number of alkyl halides is 3. The zero-order valence-corrected chi connectivity index (χ0v) is 18.4. The van der Waals surface area contributed by atoms with Crippen molar-refractivity contribution in [3.63, 3.8) is 0 Å². The van der Waals surface area contributed by atoms with Crippen LogP contribution >= 0.6 is 0 Å². The molecular weight excluding hydrogens is 447 g/mol. The molecule has 0 amide bonds. The number of benzene rings is 2. The van der Waals surface area contributed by atoms with Gasteiger partial charge in [-0.05, 0) is 37.3 Å². The van der Waals surface area contributed by atoms with Gasteiger partial charge < -0.3 is 15.2 Å². The van der Waals surface area contributed by atoms with Crippen molar-refractivity contribution in [1.82, 2.24) is 14.4 Å². The molecule has 0 aliphatic heterocycles. The molecule has 3 aromatic rings. The van der Waals surface area contributed by atoms with Gasteiger partial charge in [-0.2, -0.15) is 18.2 Å². The van der Waals surface area contributed by atoms with Crippen LogP contribution in [-0.2, 0) is 22.7 Å². The van der Waals surface area contributed by atoms with Crippen LogP contribution in [0.3, 0.4) is 0 Å². The molecule has 0 unspecified atom stereocenters. The molecule has 0 saturated heterocycles. The summed E-state index contributed by atoms with van der Waals surface area (Å²) in [5.41, 5.74) is 0.812. The fourth-order valence-electron chi connectivity index (χ4n) is 2.81. The number of anilines is 2. The first kappa shape index (κ1) is 23.5. The summed E-state index contributed by atoms with van der Waals surface area (Å²) in [6, 6.07) is 9.09. The highest BCUT2D eigenvalue weighted by molar-refractivity contribution is 7.89. The third-order valence-electron chi connectivity index (χ3n) is 4.51. The molecule has 0 bridgehead atoms. The first-order chi connectivity index (χ1) is 15.0. The lowest BCUT2D eigenvalue weighted by Gasteiger charge is -2.16. The third kappa shape index (κ3) is 5.19. The van der Waals surface area contributed by atoms with Crippen LogP contribution in [0.1, 0.15) is 18.4 Å². The van der Waals surface area contributed by atoms with E-state index in [0.29, 0.717) is 23.5 Å². The molecule has 12 heteroatoms. The van der Waals surface area contributed by atoms with E-state index in [1.54, 1.807) is 6.07 Å². The monoisotopic (exact) mass is 469 g/mol. The van der Waals surface area contributed by atoms with E-state index >= 15 is 0 Å². The van der Waals surface area contributed by atoms with Crippen molar-refractivity contribution in [2.75, 3.05) is 31.3 Å². The first-order valence-corrected chi connectivity index (χ1v) is 11.0. The normalized spacial score (nSPS) is 12.2. The Kier molecular flexibility index (Phi) is 6.74. The molecule has 2 N–H and O–H groups in total. The molecule has 0 saturated carbocycles. The number of aromatic nitrogens is 2. The molecular formula is C20H22F3N5O3S. The highest BCUT2D eigenvalue weighted by Gasteiger charge is 2.30. The summed E-state index contributed by atoms with van der Waals surface area (Å²) in [7, 11) is -0.733. The predicted octanol–water partition coefficient (Wildman–Crippen LogP) is 4.05. The second kappa shape index (κ2) is 9.17. The van der Waals surface area contributed by atoms with Crippen LogP contribution in [-0.4, -0.2) is 43.5 Å².